The largest absolute Gasteiger partial charge is 0.411 e. The van der Waals surface area contributed by atoms with Crippen molar-refractivity contribution >= 4 is 34.6 Å². The molecule has 0 aliphatic heterocycles. The quantitative estimate of drug-likeness (QED) is 0.387. The van der Waals surface area contributed by atoms with Crippen LogP contribution in [0.15, 0.2) is 21.9 Å². The van der Waals surface area contributed by atoms with Gasteiger partial charge in [0.15, 0.2) is 0 Å². The van der Waals surface area contributed by atoms with Crippen molar-refractivity contribution in [1.82, 2.24) is 4.98 Å². The SMILES string of the molecule is Cc1ccc(C/C=N/O)nc1Br.Cl. The predicted molar refractivity (Wildman–Crippen MR) is 57.9 cm³/mol. The maximum atomic E-state index is 8.18. The summed E-state index contributed by atoms with van der Waals surface area (Å²) in [5.41, 5.74) is 1.98. The number of hydrogen-bond donors (Lipinski definition) is 1. The fourth-order valence-electron chi connectivity index (χ4n) is 0.790. The van der Waals surface area contributed by atoms with Gasteiger partial charge in [0.05, 0.1) is 0 Å². The number of oxime groups is 1. The van der Waals surface area contributed by atoms with Crippen molar-refractivity contribution in [3.05, 3.63) is 28.0 Å². The first-order chi connectivity index (χ1) is 5.74. The molecule has 1 aromatic heterocycles. The van der Waals surface area contributed by atoms with Gasteiger partial charge in [-0.05, 0) is 34.5 Å². The topological polar surface area (TPSA) is 45.5 Å². The van der Waals surface area contributed by atoms with Crippen LogP contribution < -0.4 is 0 Å². The smallest absolute Gasteiger partial charge is 0.109 e. The minimum absolute atomic E-state index is 0. The monoisotopic (exact) mass is 264 g/mol. The Labute approximate surface area is 91.4 Å². The molecule has 3 nitrogen and oxygen atoms in total. The number of pyridine rings is 1. The predicted octanol–water partition coefficient (Wildman–Crippen LogP) is 2.58. The van der Waals surface area contributed by atoms with Crippen LogP contribution in [0.2, 0.25) is 0 Å². The zero-order valence-electron chi connectivity index (χ0n) is 7.07. The Morgan fingerprint density at radius 2 is 2.31 bits per heavy atom. The van der Waals surface area contributed by atoms with E-state index in [9.17, 15) is 0 Å². The van der Waals surface area contributed by atoms with E-state index in [1.165, 1.54) is 6.21 Å². The average Bonchev–Trinajstić information content (AvgIpc) is 2.07. The van der Waals surface area contributed by atoms with Gasteiger partial charge in [-0.1, -0.05) is 6.07 Å². The number of aromatic nitrogens is 1. The minimum atomic E-state index is 0. The van der Waals surface area contributed by atoms with E-state index in [-0.39, 0.29) is 12.4 Å². The summed E-state index contributed by atoms with van der Waals surface area (Å²) in [5.74, 6) is 0. The molecule has 0 aliphatic rings. The summed E-state index contributed by atoms with van der Waals surface area (Å²) in [6.07, 6.45) is 1.96. The summed E-state index contributed by atoms with van der Waals surface area (Å²) >= 11 is 3.32. The lowest BCUT2D eigenvalue weighted by Crippen LogP contribution is -1.92. The van der Waals surface area contributed by atoms with E-state index in [0.717, 1.165) is 15.9 Å². The Hall–Kier alpha value is -0.610. The first-order valence-corrected chi connectivity index (χ1v) is 4.31. The first-order valence-electron chi connectivity index (χ1n) is 3.52. The van der Waals surface area contributed by atoms with Gasteiger partial charge in [0, 0.05) is 18.3 Å². The van der Waals surface area contributed by atoms with Crippen molar-refractivity contribution in [3.63, 3.8) is 0 Å². The van der Waals surface area contributed by atoms with E-state index in [0.29, 0.717) is 6.42 Å². The van der Waals surface area contributed by atoms with Crippen molar-refractivity contribution in [1.29, 1.82) is 0 Å². The normalized spacial score (nSPS) is 10.0. The molecule has 0 aromatic carbocycles. The third kappa shape index (κ3) is 3.74. The van der Waals surface area contributed by atoms with Crippen molar-refractivity contribution < 1.29 is 5.21 Å². The van der Waals surface area contributed by atoms with Crippen molar-refractivity contribution in [2.24, 2.45) is 5.16 Å². The molecule has 0 atom stereocenters. The van der Waals surface area contributed by atoms with E-state index in [1.54, 1.807) is 0 Å². The summed E-state index contributed by atoms with van der Waals surface area (Å²) in [7, 11) is 0. The third-order valence-electron chi connectivity index (χ3n) is 1.47. The average molecular weight is 266 g/mol. The number of rotatable bonds is 2. The molecule has 72 valence electrons. The Morgan fingerprint density at radius 3 is 2.85 bits per heavy atom. The highest BCUT2D eigenvalue weighted by molar-refractivity contribution is 9.10. The molecule has 0 spiro atoms. The molecule has 13 heavy (non-hydrogen) atoms. The molecule has 0 saturated heterocycles. The molecule has 0 bridgehead atoms. The zero-order valence-corrected chi connectivity index (χ0v) is 9.47. The summed E-state index contributed by atoms with van der Waals surface area (Å²) in [5, 5.41) is 11.1. The van der Waals surface area contributed by atoms with E-state index in [2.05, 4.69) is 26.1 Å². The molecule has 0 aliphatic carbocycles. The van der Waals surface area contributed by atoms with Crippen LogP contribution in [-0.4, -0.2) is 16.4 Å². The zero-order chi connectivity index (χ0) is 8.97. The fraction of sp³-hybridized carbons (Fsp3) is 0.250. The molecule has 1 N–H and O–H groups in total. The van der Waals surface area contributed by atoms with Crippen LogP contribution in [0.4, 0.5) is 0 Å². The van der Waals surface area contributed by atoms with E-state index in [4.69, 9.17) is 5.21 Å². The molecular weight excluding hydrogens is 255 g/mol. The Morgan fingerprint density at radius 1 is 1.62 bits per heavy atom. The third-order valence-corrected chi connectivity index (χ3v) is 2.28. The van der Waals surface area contributed by atoms with Crippen LogP contribution in [0, 0.1) is 6.92 Å². The molecule has 5 heteroatoms. The highest BCUT2D eigenvalue weighted by atomic mass is 79.9. The summed E-state index contributed by atoms with van der Waals surface area (Å²) in [4.78, 5) is 4.22. The van der Waals surface area contributed by atoms with Gasteiger partial charge < -0.3 is 5.21 Å². The maximum Gasteiger partial charge on any atom is 0.109 e. The van der Waals surface area contributed by atoms with E-state index in [1.807, 2.05) is 19.1 Å². The van der Waals surface area contributed by atoms with Gasteiger partial charge in [0.1, 0.15) is 4.60 Å². The van der Waals surface area contributed by atoms with E-state index < -0.39 is 0 Å². The Bertz CT molecular complexity index is 304. The summed E-state index contributed by atoms with van der Waals surface area (Å²) < 4.78 is 0.839. The molecule has 0 fully saturated rings. The number of halogens is 2. The summed E-state index contributed by atoms with van der Waals surface area (Å²) in [6.45, 7) is 1.97. The number of hydrogen-bond acceptors (Lipinski definition) is 3. The van der Waals surface area contributed by atoms with Gasteiger partial charge in [0.2, 0.25) is 0 Å². The number of aryl methyl sites for hydroxylation is 1. The molecule has 1 heterocycles. The fourth-order valence-corrected chi connectivity index (χ4v) is 1.15. The summed E-state index contributed by atoms with van der Waals surface area (Å²) in [6, 6.07) is 3.87. The Kier molecular flexibility index (Phi) is 5.66. The van der Waals surface area contributed by atoms with Crippen LogP contribution in [0.5, 0.6) is 0 Å². The van der Waals surface area contributed by atoms with Crippen LogP contribution in [0.25, 0.3) is 0 Å². The lowest BCUT2D eigenvalue weighted by molar-refractivity contribution is 0.320. The second-order valence-corrected chi connectivity index (χ2v) is 3.16. The van der Waals surface area contributed by atoms with Crippen molar-refractivity contribution in [2.45, 2.75) is 13.3 Å². The van der Waals surface area contributed by atoms with Gasteiger partial charge >= 0.3 is 0 Å². The highest BCUT2D eigenvalue weighted by Crippen LogP contribution is 2.12. The van der Waals surface area contributed by atoms with E-state index >= 15 is 0 Å². The van der Waals surface area contributed by atoms with Crippen LogP contribution in [0.3, 0.4) is 0 Å². The van der Waals surface area contributed by atoms with Crippen LogP contribution in [-0.2, 0) is 6.42 Å². The lowest BCUT2D eigenvalue weighted by Gasteiger charge is -1.98. The number of nitrogens with zero attached hydrogens (tertiary/aromatic N) is 2. The second-order valence-electron chi connectivity index (χ2n) is 2.41. The van der Waals surface area contributed by atoms with Gasteiger partial charge in [0.25, 0.3) is 0 Å². The van der Waals surface area contributed by atoms with Gasteiger partial charge in [-0.15, -0.1) is 17.6 Å². The second kappa shape index (κ2) is 5.94. The highest BCUT2D eigenvalue weighted by Gasteiger charge is 1.97. The molecule has 0 saturated carbocycles. The maximum absolute atomic E-state index is 8.18. The molecular formula is C8H10BrClN2O. The van der Waals surface area contributed by atoms with Gasteiger partial charge in [-0.25, -0.2) is 4.98 Å². The van der Waals surface area contributed by atoms with Crippen LogP contribution in [0.1, 0.15) is 11.3 Å². The van der Waals surface area contributed by atoms with Gasteiger partial charge in [-0.3, -0.25) is 0 Å². The standard InChI is InChI=1S/C8H9BrN2O.ClH/c1-6-2-3-7(4-5-10-12)11-8(6)9;/h2-3,5,12H,4H2,1H3;1H/b10-5+;. The lowest BCUT2D eigenvalue weighted by atomic mass is 10.2. The molecule has 1 aromatic rings. The van der Waals surface area contributed by atoms with Crippen LogP contribution >= 0.6 is 28.3 Å². The molecule has 0 unspecified atom stereocenters. The minimum Gasteiger partial charge on any atom is -0.411 e. The first kappa shape index (κ1) is 12.4. The molecule has 1 rings (SSSR count). The van der Waals surface area contributed by atoms with Crippen molar-refractivity contribution in [3.8, 4) is 0 Å². The molecule has 0 radical (unpaired) electrons. The molecule has 0 amide bonds. The van der Waals surface area contributed by atoms with Gasteiger partial charge in [-0.2, -0.15) is 0 Å². The van der Waals surface area contributed by atoms with Crippen molar-refractivity contribution in [2.75, 3.05) is 0 Å². The Balaban J connectivity index is 0.00000144.